The zero-order valence-corrected chi connectivity index (χ0v) is 17.4. The first kappa shape index (κ1) is 24.8. The lowest BCUT2D eigenvalue weighted by molar-refractivity contribution is 0.225. The molecule has 4 nitrogen and oxygen atoms in total. The normalized spacial score (nSPS) is 12.8. The average molecular weight is 357 g/mol. The Balaban J connectivity index is 3.32. The van der Waals surface area contributed by atoms with Crippen LogP contribution in [0.2, 0.25) is 0 Å². The SMILES string of the molecule is CNCCCCCCCCC(N)N(C)CCCCCCCCCCN. The molecule has 0 saturated carbocycles. The first-order valence-corrected chi connectivity index (χ1v) is 11.0. The second-order valence-corrected chi connectivity index (χ2v) is 7.68. The Kier molecular flexibility index (Phi) is 20.0. The van der Waals surface area contributed by atoms with Gasteiger partial charge in [0, 0.05) is 0 Å². The minimum absolute atomic E-state index is 0.251. The van der Waals surface area contributed by atoms with Gasteiger partial charge in [-0.3, -0.25) is 4.90 Å². The van der Waals surface area contributed by atoms with E-state index in [1.807, 2.05) is 7.05 Å². The van der Waals surface area contributed by atoms with Crippen molar-refractivity contribution in [2.45, 2.75) is 102 Å². The van der Waals surface area contributed by atoms with Crippen LogP contribution in [0.5, 0.6) is 0 Å². The van der Waals surface area contributed by atoms with Crippen LogP contribution >= 0.6 is 0 Å². The van der Waals surface area contributed by atoms with E-state index in [0.717, 1.165) is 26.1 Å². The summed E-state index contributed by atoms with van der Waals surface area (Å²) in [5.74, 6) is 0. The molecule has 0 bridgehead atoms. The van der Waals surface area contributed by atoms with Gasteiger partial charge in [0.1, 0.15) is 0 Å². The van der Waals surface area contributed by atoms with Crippen molar-refractivity contribution >= 4 is 0 Å². The Morgan fingerprint density at radius 2 is 1.20 bits per heavy atom. The summed E-state index contributed by atoms with van der Waals surface area (Å²) in [6.45, 7) is 3.16. The lowest BCUT2D eigenvalue weighted by Crippen LogP contribution is -2.39. The van der Waals surface area contributed by atoms with Gasteiger partial charge in [-0.15, -0.1) is 0 Å². The Morgan fingerprint density at radius 1 is 0.720 bits per heavy atom. The third kappa shape index (κ3) is 18.4. The summed E-state index contributed by atoms with van der Waals surface area (Å²) in [4.78, 5) is 2.36. The van der Waals surface area contributed by atoms with Crippen molar-refractivity contribution in [2.24, 2.45) is 11.5 Å². The highest BCUT2D eigenvalue weighted by atomic mass is 15.2. The van der Waals surface area contributed by atoms with Crippen molar-refractivity contribution in [1.82, 2.24) is 10.2 Å². The molecule has 0 amide bonds. The molecule has 0 spiro atoms. The molecule has 152 valence electrons. The standard InChI is InChI=1S/C21H48N4/c1-24-19-15-11-7-5-9-13-17-21(23)25(2)20-16-12-8-4-3-6-10-14-18-22/h21,24H,3-20,22-23H2,1-2H3. The summed E-state index contributed by atoms with van der Waals surface area (Å²) in [5, 5.41) is 3.21. The molecule has 1 atom stereocenters. The monoisotopic (exact) mass is 356 g/mol. The highest BCUT2D eigenvalue weighted by molar-refractivity contribution is 4.62. The second-order valence-electron chi connectivity index (χ2n) is 7.68. The maximum atomic E-state index is 6.31. The number of unbranched alkanes of at least 4 members (excludes halogenated alkanes) is 12. The smallest absolute Gasteiger partial charge is 0.0569 e. The average Bonchev–Trinajstić information content (AvgIpc) is 2.62. The lowest BCUT2D eigenvalue weighted by atomic mass is 10.1. The largest absolute Gasteiger partial charge is 0.330 e. The van der Waals surface area contributed by atoms with Gasteiger partial charge >= 0.3 is 0 Å². The van der Waals surface area contributed by atoms with Crippen molar-refractivity contribution < 1.29 is 0 Å². The number of nitrogens with zero attached hydrogens (tertiary/aromatic N) is 1. The van der Waals surface area contributed by atoms with E-state index in [-0.39, 0.29) is 6.17 Å². The molecule has 0 rings (SSSR count). The van der Waals surface area contributed by atoms with Crippen LogP contribution in [0, 0.1) is 0 Å². The predicted molar refractivity (Wildman–Crippen MR) is 113 cm³/mol. The van der Waals surface area contributed by atoms with Crippen molar-refractivity contribution in [1.29, 1.82) is 0 Å². The Labute approximate surface area is 158 Å². The summed E-state index contributed by atoms with van der Waals surface area (Å²) in [7, 11) is 4.22. The number of nitrogens with two attached hydrogens (primary N) is 2. The quantitative estimate of drug-likeness (QED) is 0.225. The van der Waals surface area contributed by atoms with Gasteiger partial charge in [-0.25, -0.2) is 0 Å². The summed E-state index contributed by atoms with van der Waals surface area (Å²) in [6, 6.07) is 0. The van der Waals surface area contributed by atoms with Crippen LogP contribution in [0.15, 0.2) is 0 Å². The fourth-order valence-corrected chi connectivity index (χ4v) is 3.31. The van der Waals surface area contributed by atoms with Crippen LogP contribution < -0.4 is 16.8 Å². The van der Waals surface area contributed by atoms with Gasteiger partial charge in [0.2, 0.25) is 0 Å². The maximum Gasteiger partial charge on any atom is 0.0569 e. The van der Waals surface area contributed by atoms with Crippen LogP contribution in [-0.4, -0.2) is 44.8 Å². The van der Waals surface area contributed by atoms with E-state index in [9.17, 15) is 0 Å². The van der Waals surface area contributed by atoms with E-state index in [2.05, 4.69) is 17.3 Å². The van der Waals surface area contributed by atoms with Crippen molar-refractivity contribution in [3.63, 3.8) is 0 Å². The molecule has 5 N–H and O–H groups in total. The van der Waals surface area contributed by atoms with Crippen LogP contribution in [-0.2, 0) is 0 Å². The van der Waals surface area contributed by atoms with Gasteiger partial charge in [-0.2, -0.15) is 0 Å². The zero-order valence-electron chi connectivity index (χ0n) is 17.4. The first-order chi connectivity index (χ1) is 12.2. The molecule has 25 heavy (non-hydrogen) atoms. The van der Waals surface area contributed by atoms with E-state index in [0.29, 0.717) is 0 Å². The zero-order chi connectivity index (χ0) is 18.6. The number of hydrogen-bond acceptors (Lipinski definition) is 4. The first-order valence-electron chi connectivity index (χ1n) is 11.0. The molecule has 0 aliphatic heterocycles. The van der Waals surface area contributed by atoms with E-state index in [1.54, 1.807) is 0 Å². The summed E-state index contributed by atoms with van der Waals surface area (Å²) < 4.78 is 0. The van der Waals surface area contributed by atoms with Gasteiger partial charge < -0.3 is 16.8 Å². The van der Waals surface area contributed by atoms with Crippen LogP contribution in [0.25, 0.3) is 0 Å². The fraction of sp³-hybridized carbons (Fsp3) is 1.00. The van der Waals surface area contributed by atoms with Gasteiger partial charge in [0.05, 0.1) is 6.17 Å². The molecule has 0 fully saturated rings. The van der Waals surface area contributed by atoms with E-state index in [1.165, 1.54) is 89.9 Å². The molecule has 0 aromatic rings. The molecule has 0 heterocycles. The van der Waals surface area contributed by atoms with Gasteiger partial charge in [0.15, 0.2) is 0 Å². The summed E-state index contributed by atoms with van der Waals surface area (Å²) >= 11 is 0. The third-order valence-corrected chi connectivity index (χ3v) is 5.21. The summed E-state index contributed by atoms with van der Waals surface area (Å²) in [6.07, 6.45) is 20.1. The van der Waals surface area contributed by atoms with E-state index < -0.39 is 0 Å². The van der Waals surface area contributed by atoms with Crippen LogP contribution in [0.1, 0.15) is 96.3 Å². The van der Waals surface area contributed by atoms with Crippen molar-refractivity contribution in [3.8, 4) is 0 Å². The highest BCUT2D eigenvalue weighted by Crippen LogP contribution is 2.11. The number of hydrogen-bond donors (Lipinski definition) is 3. The molecular formula is C21H48N4. The Morgan fingerprint density at radius 3 is 1.76 bits per heavy atom. The third-order valence-electron chi connectivity index (χ3n) is 5.21. The fourth-order valence-electron chi connectivity index (χ4n) is 3.31. The summed E-state index contributed by atoms with van der Waals surface area (Å²) in [5.41, 5.74) is 11.8. The molecule has 0 aliphatic rings. The molecule has 0 aromatic heterocycles. The number of nitrogens with one attached hydrogen (secondary N) is 1. The van der Waals surface area contributed by atoms with Crippen molar-refractivity contribution in [2.75, 3.05) is 33.7 Å². The predicted octanol–water partition coefficient (Wildman–Crippen LogP) is 4.23. The van der Waals surface area contributed by atoms with Crippen LogP contribution in [0.3, 0.4) is 0 Å². The Bertz CT molecular complexity index is 248. The van der Waals surface area contributed by atoms with Crippen molar-refractivity contribution in [3.05, 3.63) is 0 Å². The van der Waals surface area contributed by atoms with Gasteiger partial charge in [0.25, 0.3) is 0 Å². The maximum absolute atomic E-state index is 6.31. The molecule has 4 heteroatoms. The van der Waals surface area contributed by atoms with E-state index >= 15 is 0 Å². The van der Waals surface area contributed by atoms with Gasteiger partial charge in [-0.05, 0) is 59.4 Å². The minimum atomic E-state index is 0.251. The highest BCUT2D eigenvalue weighted by Gasteiger charge is 2.08. The lowest BCUT2D eigenvalue weighted by Gasteiger charge is -2.24. The molecule has 0 radical (unpaired) electrons. The molecular weight excluding hydrogens is 308 g/mol. The topological polar surface area (TPSA) is 67.3 Å². The molecule has 0 saturated heterocycles. The van der Waals surface area contributed by atoms with Gasteiger partial charge in [-0.1, -0.05) is 70.6 Å². The minimum Gasteiger partial charge on any atom is -0.330 e. The number of rotatable bonds is 20. The second kappa shape index (κ2) is 20.2. The molecule has 0 aromatic carbocycles. The van der Waals surface area contributed by atoms with E-state index in [4.69, 9.17) is 11.5 Å². The molecule has 0 aliphatic carbocycles. The molecule has 1 unspecified atom stereocenters. The van der Waals surface area contributed by atoms with Crippen LogP contribution in [0.4, 0.5) is 0 Å². The Hall–Kier alpha value is -0.160.